The Kier molecular flexibility index (Phi) is 5.31. The first-order chi connectivity index (χ1) is 11.8. The van der Waals surface area contributed by atoms with Gasteiger partial charge < -0.3 is 9.47 Å². The Labute approximate surface area is 143 Å². The Morgan fingerprint density at radius 3 is 2.42 bits per heavy atom. The van der Waals surface area contributed by atoms with Crippen LogP contribution < -0.4 is 0 Å². The van der Waals surface area contributed by atoms with Crippen LogP contribution in [0.25, 0.3) is 0 Å². The van der Waals surface area contributed by atoms with Crippen molar-refractivity contribution in [3.05, 3.63) is 71.8 Å². The lowest BCUT2D eigenvalue weighted by molar-refractivity contribution is -0.156. The number of rotatable bonds is 6. The van der Waals surface area contributed by atoms with Gasteiger partial charge in [0.15, 0.2) is 0 Å². The molecule has 2 unspecified atom stereocenters. The highest BCUT2D eigenvalue weighted by Gasteiger charge is 2.52. The van der Waals surface area contributed by atoms with E-state index in [9.17, 15) is 4.79 Å². The molecule has 3 heteroatoms. The minimum atomic E-state index is -0.688. The summed E-state index contributed by atoms with van der Waals surface area (Å²) in [4.78, 5) is 12.9. The molecule has 0 bridgehead atoms. The van der Waals surface area contributed by atoms with Crippen molar-refractivity contribution in [3.8, 4) is 0 Å². The maximum atomic E-state index is 12.9. The first kappa shape index (κ1) is 16.7. The number of benzene rings is 2. The van der Waals surface area contributed by atoms with Crippen LogP contribution in [0.15, 0.2) is 60.7 Å². The molecule has 1 fully saturated rings. The van der Waals surface area contributed by atoms with Gasteiger partial charge in [0, 0.05) is 0 Å². The van der Waals surface area contributed by atoms with Gasteiger partial charge >= 0.3 is 5.97 Å². The summed E-state index contributed by atoms with van der Waals surface area (Å²) in [5.41, 5.74) is 1.43. The van der Waals surface area contributed by atoms with Crippen LogP contribution in [-0.2, 0) is 26.3 Å². The average molecular weight is 324 g/mol. The second-order valence-electron chi connectivity index (χ2n) is 6.24. The molecule has 1 aliphatic carbocycles. The molecule has 1 aliphatic rings. The van der Waals surface area contributed by atoms with Gasteiger partial charge in [-0.2, -0.15) is 0 Å². The molecule has 2 aromatic carbocycles. The highest BCUT2D eigenvalue weighted by atomic mass is 16.5. The third-order valence-corrected chi connectivity index (χ3v) is 4.81. The van der Waals surface area contributed by atoms with Gasteiger partial charge in [-0.05, 0) is 37.3 Å². The lowest BCUT2D eigenvalue weighted by atomic mass is 9.77. The zero-order chi connectivity index (χ0) is 16.8. The van der Waals surface area contributed by atoms with Crippen molar-refractivity contribution >= 4 is 5.97 Å². The highest BCUT2D eigenvalue weighted by molar-refractivity contribution is 5.84. The Bertz CT molecular complexity index is 653. The fraction of sp³-hybridized carbons (Fsp3) is 0.381. The molecular weight excluding hydrogens is 300 g/mol. The molecule has 3 nitrogen and oxygen atoms in total. The lowest BCUT2D eigenvalue weighted by Gasteiger charge is -2.33. The summed E-state index contributed by atoms with van der Waals surface area (Å²) >= 11 is 0. The standard InChI is InChI=1S/C21H24O3/c1-2-23-20(22)21(18-12-7-4-8-13-18)15-9-14-19(21)24-16-17-10-5-3-6-11-17/h3-8,10-13,19H,2,9,14-16H2,1H3. The Hall–Kier alpha value is -2.13. The smallest absolute Gasteiger partial charge is 0.319 e. The Morgan fingerprint density at radius 2 is 1.75 bits per heavy atom. The second kappa shape index (κ2) is 7.63. The van der Waals surface area contributed by atoms with Crippen LogP contribution in [0.3, 0.4) is 0 Å². The van der Waals surface area contributed by atoms with Gasteiger partial charge in [-0.15, -0.1) is 0 Å². The van der Waals surface area contributed by atoms with E-state index in [1.165, 1.54) is 0 Å². The van der Waals surface area contributed by atoms with Crippen LogP contribution in [0.5, 0.6) is 0 Å². The molecule has 0 heterocycles. The summed E-state index contributed by atoms with van der Waals surface area (Å²) in [6, 6.07) is 20.0. The average Bonchev–Trinajstić information content (AvgIpc) is 3.07. The third kappa shape index (κ3) is 3.22. The second-order valence-corrected chi connectivity index (χ2v) is 6.24. The molecular formula is C21H24O3. The first-order valence-corrected chi connectivity index (χ1v) is 8.65. The van der Waals surface area contributed by atoms with Crippen LogP contribution in [0.2, 0.25) is 0 Å². The van der Waals surface area contributed by atoms with Gasteiger partial charge in [0.1, 0.15) is 5.41 Å². The summed E-state index contributed by atoms with van der Waals surface area (Å²) in [6.07, 6.45) is 2.46. The quantitative estimate of drug-likeness (QED) is 0.745. The van der Waals surface area contributed by atoms with Gasteiger partial charge in [0.25, 0.3) is 0 Å². The largest absolute Gasteiger partial charge is 0.465 e. The maximum absolute atomic E-state index is 12.9. The van der Waals surface area contributed by atoms with E-state index in [1.54, 1.807) is 0 Å². The molecule has 0 saturated heterocycles. The van der Waals surface area contributed by atoms with E-state index in [4.69, 9.17) is 9.47 Å². The Balaban J connectivity index is 1.87. The lowest BCUT2D eigenvalue weighted by Crippen LogP contribution is -2.45. The number of hydrogen-bond donors (Lipinski definition) is 0. The summed E-state index contributed by atoms with van der Waals surface area (Å²) in [5, 5.41) is 0. The summed E-state index contributed by atoms with van der Waals surface area (Å²) in [7, 11) is 0. The topological polar surface area (TPSA) is 35.5 Å². The molecule has 0 N–H and O–H groups in total. The normalized spacial score (nSPS) is 23.1. The number of esters is 1. The van der Waals surface area contributed by atoms with Crippen molar-refractivity contribution in [3.63, 3.8) is 0 Å². The van der Waals surface area contributed by atoms with Crippen LogP contribution in [0, 0.1) is 0 Å². The van der Waals surface area contributed by atoms with E-state index in [-0.39, 0.29) is 12.1 Å². The molecule has 24 heavy (non-hydrogen) atoms. The van der Waals surface area contributed by atoms with Crippen LogP contribution in [0.1, 0.15) is 37.3 Å². The molecule has 126 valence electrons. The zero-order valence-electron chi connectivity index (χ0n) is 14.1. The fourth-order valence-electron chi connectivity index (χ4n) is 3.65. The van der Waals surface area contributed by atoms with Gasteiger partial charge in [0.05, 0.1) is 19.3 Å². The van der Waals surface area contributed by atoms with Crippen molar-refractivity contribution in [2.24, 2.45) is 0 Å². The molecule has 2 aromatic rings. The SMILES string of the molecule is CCOC(=O)C1(c2ccccc2)CCCC1OCc1ccccc1. The highest BCUT2D eigenvalue weighted by Crippen LogP contribution is 2.44. The summed E-state index contributed by atoms with van der Waals surface area (Å²) in [6.45, 7) is 2.75. The monoisotopic (exact) mass is 324 g/mol. The van der Waals surface area contributed by atoms with E-state index in [0.717, 1.165) is 30.4 Å². The van der Waals surface area contributed by atoms with Gasteiger partial charge in [-0.3, -0.25) is 4.79 Å². The number of hydrogen-bond acceptors (Lipinski definition) is 3. The maximum Gasteiger partial charge on any atom is 0.319 e. The first-order valence-electron chi connectivity index (χ1n) is 8.65. The van der Waals surface area contributed by atoms with E-state index >= 15 is 0 Å². The molecule has 0 amide bonds. The van der Waals surface area contributed by atoms with E-state index in [1.807, 2.05) is 67.6 Å². The van der Waals surface area contributed by atoms with E-state index < -0.39 is 5.41 Å². The molecule has 0 aromatic heterocycles. The predicted molar refractivity (Wildman–Crippen MR) is 93.6 cm³/mol. The molecule has 0 aliphatic heterocycles. The molecule has 3 rings (SSSR count). The minimum Gasteiger partial charge on any atom is -0.465 e. The molecule has 0 radical (unpaired) electrons. The zero-order valence-corrected chi connectivity index (χ0v) is 14.1. The van der Waals surface area contributed by atoms with Gasteiger partial charge in [-0.1, -0.05) is 60.7 Å². The summed E-state index contributed by atoms with van der Waals surface area (Å²) < 4.78 is 11.7. The third-order valence-electron chi connectivity index (χ3n) is 4.81. The summed E-state index contributed by atoms with van der Waals surface area (Å²) in [5.74, 6) is -0.160. The van der Waals surface area contributed by atoms with Gasteiger partial charge in [0.2, 0.25) is 0 Å². The number of ether oxygens (including phenoxy) is 2. The van der Waals surface area contributed by atoms with Crippen LogP contribution >= 0.6 is 0 Å². The fourth-order valence-corrected chi connectivity index (χ4v) is 3.65. The molecule has 0 spiro atoms. The Morgan fingerprint density at radius 1 is 1.08 bits per heavy atom. The predicted octanol–water partition coefficient (Wildman–Crippen LogP) is 4.26. The van der Waals surface area contributed by atoms with E-state index in [2.05, 4.69) is 0 Å². The van der Waals surface area contributed by atoms with Crippen molar-refractivity contribution in [1.29, 1.82) is 0 Å². The molecule has 1 saturated carbocycles. The van der Waals surface area contributed by atoms with Crippen LogP contribution in [-0.4, -0.2) is 18.7 Å². The van der Waals surface area contributed by atoms with Gasteiger partial charge in [-0.25, -0.2) is 0 Å². The molecule has 2 atom stereocenters. The van der Waals surface area contributed by atoms with Crippen molar-refractivity contribution in [2.75, 3.05) is 6.61 Å². The van der Waals surface area contributed by atoms with Crippen LogP contribution in [0.4, 0.5) is 0 Å². The van der Waals surface area contributed by atoms with Crippen molar-refractivity contribution < 1.29 is 14.3 Å². The van der Waals surface area contributed by atoms with Crippen molar-refractivity contribution in [1.82, 2.24) is 0 Å². The minimum absolute atomic E-state index is 0.154. The van der Waals surface area contributed by atoms with E-state index in [0.29, 0.717) is 13.2 Å². The van der Waals surface area contributed by atoms with Crippen molar-refractivity contribution in [2.45, 2.75) is 44.3 Å². The number of carbonyl (C=O) groups is 1. The number of carbonyl (C=O) groups excluding carboxylic acids is 1.